The summed E-state index contributed by atoms with van der Waals surface area (Å²) in [6, 6.07) is 13.0. The number of hydrogen-bond acceptors (Lipinski definition) is 5. The summed E-state index contributed by atoms with van der Waals surface area (Å²) in [6.45, 7) is 1.98. The van der Waals surface area contributed by atoms with Crippen molar-refractivity contribution in [1.29, 1.82) is 0 Å². The van der Waals surface area contributed by atoms with Gasteiger partial charge in [0.1, 0.15) is 0 Å². The van der Waals surface area contributed by atoms with Gasteiger partial charge in [-0.05, 0) is 54.1 Å². The normalized spacial score (nSPS) is 10.4. The maximum atomic E-state index is 6.12. The van der Waals surface area contributed by atoms with E-state index in [0.717, 1.165) is 11.1 Å². The fourth-order valence-corrected chi connectivity index (χ4v) is 2.05. The molecule has 6 nitrogen and oxygen atoms in total. The van der Waals surface area contributed by atoms with Gasteiger partial charge in [0.05, 0.1) is 10.7 Å². The number of nitrogens with one attached hydrogen (secondary N) is 2. The van der Waals surface area contributed by atoms with Gasteiger partial charge in [0.25, 0.3) is 0 Å². The van der Waals surface area contributed by atoms with Crippen LogP contribution in [0, 0.1) is 6.92 Å². The van der Waals surface area contributed by atoms with Gasteiger partial charge in [-0.15, -0.1) is 10.2 Å². The molecule has 7 heteroatoms. The molecule has 0 atom stereocenters. The van der Waals surface area contributed by atoms with E-state index in [2.05, 4.69) is 26.1 Å². The highest BCUT2D eigenvalue weighted by atomic mass is 35.5. The van der Waals surface area contributed by atoms with E-state index in [9.17, 15) is 0 Å². The molecule has 3 aromatic rings. The summed E-state index contributed by atoms with van der Waals surface area (Å²) in [6.07, 6.45) is 0. The van der Waals surface area contributed by atoms with E-state index in [1.807, 2.05) is 37.3 Å². The predicted octanol–water partition coefficient (Wildman–Crippen LogP) is 3.23. The third-order valence-corrected chi connectivity index (χ3v) is 3.17. The smallest absolute Gasteiger partial charge is 0.204 e. The lowest BCUT2D eigenvalue weighted by Gasteiger charge is -2.10. The molecule has 0 amide bonds. The molecule has 2 aromatic carbocycles. The number of anilines is 1. The Morgan fingerprint density at radius 1 is 1.14 bits per heavy atom. The van der Waals surface area contributed by atoms with E-state index in [1.54, 1.807) is 12.1 Å². The van der Waals surface area contributed by atoms with Gasteiger partial charge < -0.3 is 4.84 Å². The molecule has 0 bridgehead atoms. The van der Waals surface area contributed by atoms with Crippen molar-refractivity contribution in [3.8, 4) is 17.1 Å². The van der Waals surface area contributed by atoms with E-state index in [-0.39, 0.29) is 0 Å². The number of nitrogens with zero attached hydrogens (tertiary/aromatic N) is 3. The first-order chi connectivity index (χ1) is 10.2. The Labute approximate surface area is 126 Å². The molecule has 3 rings (SSSR count). The van der Waals surface area contributed by atoms with Gasteiger partial charge in [-0.25, -0.2) is 5.48 Å². The average molecular weight is 302 g/mol. The molecule has 106 valence electrons. The second-order valence-corrected chi connectivity index (χ2v) is 4.85. The van der Waals surface area contributed by atoms with E-state index < -0.39 is 0 Å². The van der Waals surface area contributed by atoms with Crippen LogP contribution in [-0.4, -0.2) is 20.6 Å². The number of halogens is 1. The fourth-order valence-electron chi connectivity index (χ4n) is 1.77. The molecule has 1 aromatic heterocycles. The molecule has 0 unspecified atom stereocenters. The van der Waals surface area contributed by atoms with Crippen molar-refractivity contribution in [3.63, 3.8) is 0 Å². The number of tetrazole rings is 1. The second-order valence-electron chi connectivity index (χ2n) is 4.45. The van der Waals surface area contributed by atoms with Crippen LogP contribution in [-0.2, 0) is 0 Å². The molecule has 0 aliphatic rings. The van der Waals surface area contributed by atoms with Crippen LogP contribution >= 0.6 is 11.6 Å². The first-order valence-electron chi connectivity index (χ1n) is 6.25. The topological polar surface area (TPSA) is 75.7 Å². The Balaban J connectivity index is 1.68. The molecule has 0 spiro atoms. The molecular formula is C14H12ClN5O. The summed E-state index contributed by atoms with van der Waals surface area (Å²) in [5.41, 5.74) is 5.49. The Morgan fingerprint density at radius 2 is 1.95 bits per heavy atom. The molecule has 0 aliphatic carbocycles. The summed E-state index contributed by atoms with van der Waals surface area (Å²) in [5.74, 6) is 1.19. The minimum atomic E-state index is 0.538. The molecule has 1 heterocycles. The van der Waals surface area contributed by atoms with Gasteiger partial charge in [0, 0.05) is 5.56 Å². The monoisotopic (exact) mass is 301 g/mol. The Kier molecular flexibility index (Phi) is 3.70. The van der Waals surface area contributed by atoms with Crippen molar-refractivity contribution in [2.75, 3.05) is 5.48 Å². The van der Waals surface area contributed by atoms with Crippen molar-refractivity contribution in [3.05, 3.63) is 53.1 Å². The van der Waals surface area contributed by atoms with Gasteiger partial charge in [0.15, 0.2) is 5.75 Å². The molecule has 0 fully saturated rings. The molecule has 21 heavy (non-hydrogen) atoms. The number of hydrogen-bond donors (Lipinski definition) is 2. The van der Waals surface area contributed by atoms with Crippen LogP contribution in [0.25, 0.3) is 11.4 Å². The zero-order valence-corrected chi connectivity index (χ0v) is 11.9. The molecule has 0 aliphatic heterocycles. The molecular weight excluding hydrogens is 290 g/mol. The molecule has 0 saturated heterocycles. The van der Waals surface area contributed by atoms with Crippen molar-refractivity contribution in [1.82, 2.24) is 20.6 Å². The highest BCUT2D eigenvalue weighted by Crippen LogP contribution is 2.24. The first-order valence-corrected chi connectivity index (χ1v) is 6.63. The number of aryl methyl sites for hydroxylation is 1. The number of benzene rings is 2. The van der Waals surface area contributed by atoms with Crippen LogP contribution in [0.4, 0.5) is 5.69 Å². The zero-order valence-electron chi connectivity index (χ0n) is 11.2. The molecule has 0 saturated carbocycles. The van der Waals surface area contributed by atoms with Crippen LogP contribution in [0.5, 0.6) is 5.75 Å². The van der Waals surface area contributed by atoms with E-state index in [4.69, 9.17) is 16.4 Å². The van der Waals surface area contributed by atoms with Crippen molar-refractivity contribution < 1.29 is 4.84 Å². The summed E-state index contributed by atoms with van der Waals surface area (Å²) in [4.78, 5) is 5.49. The number of rotatable bonds is 4. The largest absolute Gasteiger partial charge is 0.382 e. The lowest BCUT2D eigenvalue weighted by Crippen LogP contribution is -2.05. The third-order valence-electron chi connectivity index (χ3n) is 2.86. The number of aromatic nitrogens is 4. The van der Waals surface area contributed by atoms with E-state index in [1.165, 1.54) is 0 Å². The number of aromatic amines is 1. The van der Waals surface area contributed by atoms with Gasteiger partial charge >= 0.3 is 0 Å². The summed E-state index contributed by atoms with van der Waals surface area (Å²) in [5, 5.41) is 14.4. The number of H-pyrrole nitrogens is 1. The van der Waals surface area contributed by atoms with Gasteiger partial charge in [-0.2, -0.15) is 5.21 Å². The van der Waals surface area contributed by atoms with E-state index in [0.29, 0.717) is 22.3 Å². The lowest BCUT2D eigenvalue weighted by molar-refractivity contribution is 0.405. The van der Waals surface area contributed by atoms with Gasteiger partial charge in [0.2, 0.25) is 5.82 Å². The first kappa shape index (κ1) is 13.4. The van der Waals surface area contributed by atoms with Crippen LogP contribution in [0.15, 0.2) is 42.5 Å². The minimum Gasteiger partial charge on any atom is -0.382 e. The van der Waals surface area contributed by atoms with Crippen LogP contribution < -0.4 is 10.3 Å². The van der Waals surface area contributed by atoms with Crippen molar-refractivity contribution in [2.45, 2.75) is 6.92 Å². The molecule has 2 N–H and O–H groups in total. The molecule has 0 radical (unpaired) electrons. The van der Waals surface area contributed by atoms with Crippen LogP contribution in [0.1, 0.15) is 5.56 Å². The lowest BCUT2D eigenvalue weighted by atomic mass is 10.2. The maximum Gasteiger partial charge on any atom is 0.204 e. The highest BCUT2D eigenvalue weighted by Gasteiger charge is 2.04. The zero-order chi connectivity index (χ0) is 14.7. The summed E-state index contributed by atoms with van der Waals surface area (Å²) in [7, 11) is 0. The highest BCUT2D eigenvalue weighted by molar-refractivity contribution is 6.33. The van der Waals surface area contributed by atoms with Crippen molar-refractivity contribution >= 4 is 17.3 Å². The standard InChI is InChI=1S/C14H12ClN5O/c1-9-2-7-13(12(15)8-9)18-21-11-5-3-10(4-6-11)14-16-19-20-17-14/h2-8,18H,1H3,(H,16,17,19,20). The maximum absolute atomic E-state index is 6.12. The SMILES string of the molecule is Cc1ccc(NOc2ccc(-c3nn[nH]n3)cc2)c(Cl)c1. The minimum absolute atomic E-state index is 0.538. The van der Waals surface area contributed by atoms with Gasteiger partial charge in [-0.1, -0.05) is 17.7 Å². The Morgan fingerprint density at radius 3 is 2.62 bits per heavy atom. The Hall–Kier alpha value is -2.60. The Bertz CT molecular complexity index is 728. The second kappa shape index (κ2) is 5.80. The van der Waals surface area contributed by atoms with Crippen LogP contribution in [0.3, 0.4) is 0 Å². The van der Waals surface area contributed by atoms with E-state index >= 15 is 0 Å². The van der Waals surface area contributed by atoms with Crippen LogP contribution in [0.2, 0.25) is 5.02 Å². The average Bonchev–Trinajstić information content (AvgIpc) is 3.01. The van der Waals surface area contributed by atoms with Gasteiger partial charge in [-0.3, -0.25) is 0 Å². The summed E-state index contributed by atoms with van der Waals surface area (Å²) >= 11 is 6.12. The fraction of sp³-hybridized carbons (Fsp3) is 0.0714. The quantitative estimate of drug-likeness (QED) is 0.724. The third kappa shape index (κ3) is 3.11. The van der Waals surface area contributed by atoms with Crippen molar-refractivity contribution in [2.24, 2.45) is 0 Å². The summed E-state index contributed by atoms with van der Waals surface area (Å²) < 4.78 is 0. The predicted molar refractivity (Wildman–Crippen MR) is 80.1 cm³/mol.